The number of carbonyl (C=O) groups is 1. The first-order chi connectivity index (χ1) is 10.7. The molecule has 0 saturated heterocycles. The van der Waals surface area contributed by atoms with E-state index in [1.54, 1.807) is 24.3 Å². The van der Waals surface area contributed by atoms with Gasteiger partial charge in [0, 0.05) is 10.6 Å². The molecule has 1 aromatic heterocycles. The van der Waals surface area contributed by atoms with Gasteiger partial charge >= 0.3 is 6.01 Å². The maximum Gasteiger partial charge on any atom is 0.322 e. The number of amides is 1. The Kier molecular flexibility index (Phi) is 4.16. The number of halogens is 1. The van der Waals surface area contributed by atoms with Crippen LogP contribution in [0.1, 0.15) is 5.56 Å². The van der Waals surface area contributed by atoms with E-state index in [0.29, 0.717) is 16.5 Å². The number of nitrogens with one attached hydrogen (secondary N) is 1. The van der Waals surface area contributed by atoms with E-state index >= 15 is 0 Å². The third-order valence-corrected chi connectivity index (χ3v) is 3.19. The predicted octanol–water partition coefficient (Wildman–Crippen LogP) is 3.57. The summed E-state index contributed by atoms with van der Waals surface area (Å²) in [6.45, 7) is 0. The van der Waals surface area contributed by atoms with E-state index in [1.807, 2.05) is 30.3 Å². The normalized spacial score (nSPS) is 10.4. The van der Waals surface area contributed by atoms with E-state index in [-0.39, 0.29) is 18.3 Å². The Morgan fingerprint density at radius 1 is 1.09 bits per heavy atom. The summed E-state index contributed by atoms with van der Waals surface area (Å²) in [6, 6.07) is 16.5. The van der Waals surface area contributed by atoms with Crippen LogP contribution in [0.25, 0.3) is 11.5 Å². The van der Waals surface area contributed by atoms with Crippen molar-refractivity contribution < 1.29 is 9.21 Å². The molecule has 0 saturated carbocycles. The minimum atomic E-state index is -0.215. The fourth-order valence-corrected chi connectivity index (χ4v) is 2.15. The molecule has 1 heterocycles. The predicted molar refractivity (Wildman–Crippen MR) is 83.5 cm³/mol. The lowest BCUT2D eigenvalue weighted by Gasteiger charge is -2.00. The van der Waals surface area contributed by atoms with Gasteiger partial charge in [0.2, 0.25) is 11.8 Å². The molecule has 1 amide bonds. The summed E-state index contributed by atoms with van der Waals surface area (Å²) in [4.78, 5) is 11.9. The van der Waals surface area contributed by atoms with Crippen LogP contribution in [0.15, 0.2) is 59.0 Å². The molecule has 3 rings (SSSR count). The average Bonchev–Trinajstić information content (AvgIpc) is 2.96. The van der Waals surface area contributed by atoms with Gasteiger partial charge in [-0.3, -0.25) is 10.1 Å². The van der Waals surface area contributed by atoms with Gasteiger partial charge in [-0.2, -0.15) is 0 Å². The smallest absolute Gasteiger partial charge is 0.322 e. The van der Waals surface area contributed by atoms with Gasteiger partial charge in [-0.1, -0.05) is 53.1 Å². The third-order valence-electron chi connectivity index (χ3n) is 2.95. The number of carbonyl (C=O) groups excluding carboxylic acids is 1. The van der Waals surface area contributed by atoms with Gasteiger partial charge in [0.25, 0.3) is 0 Å². The maximum atomic E-state index is 11.9. The summed E-state index contributed by atoms with van der Waals surface area (Å²) in [5, 5.41) is 10.9. The van der Waals surface area contributed by atoms with Crippen molar-refractivity contribution in [1.82, 2.24) is 10.2 Å². The topological polar surface area (TPSA) is 68.0 Å². The fourth-order valence-electron chi connectivity index (χ4n) is 1.96. The molecule has 5 nitrogen and oxygen atoms in total. The molecular weight excluding hydrogens is 302 g/mol. The van der Waals surface area contributed by atoms with Crippen LogP contribution >= 0.6 is 11.6 Å². The monoisotopic (exact) mass is 313 g/mol. The van der Waals surface area contributed by atoms with Crippen LogP contribution in [0.5, 0.6) is 0 Å². The molecule has 2 aromatic carbocycles. The van der Waals surface area contributed by atoms with Crippen molar-refractivity contribution in [2.24, 2.45) is 0 Å². The van der Waals surface area contributed by atoms with E-state index in [4.69, 9.17) is 16.0 Å². The Balaban J connectivity index is 1.68. The SMILES string of the molecule is O=C(Cc1ccccc1)Nc1nnc(-c2cccc(Cl)c2)o1. The number of rotatable bonds is 4. The molecule has 0 radical (unpaired) electrons. The Morgan fingerprint density at radius 2 is 1.91 bits per heavy atom. The highest BCUT2D eigenvalue weighted by Crippen LogP contribution is 2.22. The van der Waals surface area contributed by atoms with Crippen molar-refractivity contribution in [2.45, 2.75) is 6.42 Å². The summed E-state index contributed by atoms with van der Waals surface area (Å²) in [5.41, 5.74) is 1.61. The zero-order valence-electron chi connectivity index (χ0n) is 11.5. The Hall–Kier alpha value is -2.66. The second-order valence-electron chi connectivity index (χ2n) is 4.63. The lowest BCUT2D eigenvalue weighted by molar-refractivity contribution is -0.115. The molecule has 3 aromatic rings. The Bertz CT molecular complexity index is 787. The van der Waals surface area contributed by atoms with E-state index in [2.05, 4.69) is 15.5 Å². The zero-order valence-corrected chi connectivity index (χ0v) is 12.2. The summed E-state index contributed by atoms with van der Waals surface area (Å²) < 4.78 is 5.42. The number of hydrogen-bond donors (Lipinski definition) is 1. The number of anilines is 1. The van der Waals surface area contributed by atoms with Gasteiger partial charge in [0.15, 0.2) is 0 Å². The highest BCUT2D eigenvalue weighted by atomic mass is 35.5. The summed E-state index contributed by atoms with van der Waals surface area (Å²) in [7, 11) is 0. The average molecular weight is 314 g/mol. The molecule has 0 atom stereocenters. The Morgan fingerprint density at radius 3 is 2.68 bits per heavy atom. The standard InChI is InChI=1S/C16H12ClN3O2/c17-13-8-4-7-12(10-13)15-19-20-16(22-15)18-14(21)9-11-5-2-1-3-6-11/h1-8,10H,9H2,(H,18,20,21). The van der Waals surface area contributed by atoms with E-state index in [1.165, 1.54) is 0 Å². The van der Waals surface area contributed by atoms with Crippen molar-refractivity contribution in [1.29, 1.82) is 0 Å². The van der Waals surface area contributed by atoms with Gasteiger partial charge in [-0.15, -0.1) is 5.10 Å². The summed E-state index contributed by atoms with van der Waals surface area (Å²) in [5.74, 6) is 0.0880. The van der Waals surface area contributed by atoms with Crippen LogP contribution in [0.3, 0.4) is 0 Å². The summed E-state index contributed by atoms with van der Waals surface area (Å²) in [6.07, 6.45) is 0.246. The van der Waals surface area contributed by atoms with E-state index in [0.717, 1.165) is 5.56 Å². The van der Waals surface area contributed by atoms with Gasteiger partial charge in [0.1, 0.15) is 0 Å². The highest BCUT2D eigenvalue weighted by Gasteiger charge is 2.11. The Labute approximate surface area is 131 Å². The fraction of sp³-hybridized carbons (Fsp3) is 0.0625. The van der Waals surface area contributed by atoms with Crippen LogP contribution in [-0.2, 0) is 11.2 Å². The molecule has 6 heteroatoms. The van der Waals surface area contributed by atoms with Crippen molar-refractivity contribution in [3.05, 3.63) is 65.2 Å². The van der Waals surface area contributed by atoms with E-state index in [9.17, 15) is 4.79 Å². The van der Waals surface area contributed by atoms with Gasteiger partial charge < -0.3 is 4.42 Å². The lowest BCUT2D eigenvalue weighted by Crippen LogP contribution is -2.14. The first kappa shape index (κ1) is 14.3. The van der Waals surface area contributed by atoms with Crippen molar-refractivity contribution in [2.75, 3.05) is 5.32 Å². The first-order valence-electron chi connectivity index (χ1n) is 6.64. The zero-order chi connectivity index (χ0) is 15.4. The van der Waals surface area contributed by atoms with Gasteiger partial charge in [0.05, 0.1) is 6.42 Å². The van der Waals surface area contributed by atoms with Gasteiger partial charge in [-0.25, -0.2) is 0 Å². The lowest BCUT2D eigenvalue weighted by atomic mass is 10.1. The first-order valence-corrected chi connectivity index (χ1v) is 7.02. The molecule has 0 bridgehead atoms. The van der Waals surface area contributed by atoms with Crippen molar-refractivity contribution >= 4 is 23.5 Å². The number of benzene rings is 2. The molecule has 0 spiro atoms. The molecule has 22 heavy (non-hydrogen) atoms. The summed E-state index contributed by atoms with van der Waals surface area (Å²) >= 11 is 5.92. The molecule has 0 fully saturated rings. The molecule has 1 N–H and O–H groups in total. The minimum absolute atomic E-state index is 0.0657. The van der Waals surface area contributed by atoms with E-state index < -0.39 is 0 Å². The van der Waals surface area contributed by atoms with Gasteiger partial charge in [-0.05, 0) is 23.8 Å². The molecule has 110 valence electrons. The van der Waals surface area contributed by atoms with Crippen LogP contribution < -0.4 is 5.32 Å². The molecule has 0 aliphatic carbocycles. The third kappa shape index (κ3) is 3.51. The highest BCUT2D eigenvalue weighted by molar-refractivity contribution is 6.30. The van der Waals surface area contributed by atoms with Crippen LogP contribution in [-0.4, -0.2) is 16.1 Å². The van der Waals surface area contributed by atoms with Crippen LogP contribution in [0, 0.1) is 0 Å². The van der Waals surface area contributed by atoms with Crippen LogP contribution in [0.4, 0.5) is 6.01 Å². The second-order valence-corrected chi connectivity index (χ2v) is 5.07. The molecule has 0 unspecified atom stereocenters. The molecular formula is C16H12ClN3O2. The van der Waals surface area contributed by atoms with Crippen molar-refractivity contribution in [3.8, 4) is 11.5 Å². The largest absolute Gasteiger partial charge is 0.403 e. The second kappa shape index (κ2) is 6.41. The van der Waals surface area contributed by atoms with Crippen molar-refractivity contribution in [3.63, 3.8) is 0 Å². The quantitative estimate of drug-likeness (QED) is 0.799. The minimum Gasteiger partial charge on any atom is -0.403 e. The molecule has 0 aliphatic rings. The maximum absolute atomic E-state index is 11.9. The number of aromatic nitrogens is 2. The van der Waals surface area contributed by atoms with Crippen LogP contribution in [0.2, 0.25) is 5.02 Å². The number of hydrogen-bond acceptors (Lipinski definition) is 4. The number of nitrogens with zero attached hydrogens (tertiary/aromatic N) is 2. The molecule has 0 aliphatic heterocycles.